The lowest BCUT2D eigenvalue weighted by molar-refractivity contribution is -0.115. The predicted molar refractivity (Wildman–Crippen MR) is 121 cm³/mol. The molecule has 0 aliphatic rings. The Kier molecular flexibility index (Phi) is 5.48. The van der Waals surface area contributed by atoms with Gasteiger partial charge in [-0.2, -0.15) is 0 Å². The molecule has 0 atom stereocenters. The monoisotopic (exact) mass is 397 g/mol. The molecule has 0 bridgehead atoms. The molecule has 4 aromatic rings. The molecule has 1 heterocycles. The van der Waals surface area contributed by atoms with Gasteiger partial charge in [-0.05, 0) is 35.2 Å². The second-order valence-corrected chi connectivity index (χ2v) is 7.67. The largest absolute Gasteiger partial charge is 0.456 e. The van der Waals surface area contributed by atoms with Gasteiger partial charge in [-0.3, -0.25) is 9.59 Å². The molecule has 0 saturated carbocycles. The molecule has 1 N–H and O–H groups in total. The van der Waals surface area contributed by atoms with Crippen LogP contribution in [0.3, 0.4) is 0 Å². The van der Waals surface area contributed by atoms with Gasteiger partial charge in [0.2, 0.25) is 5.91 Å². The van der Waals surface area contributed by atoms with Crippen LogP contribution in [-0.2, 0) is 11.2 Å². The van der Waals surface area contributed by atoms with Crippen molar-refractivity contribution >= 4 is 22.6 Å². The van der Waals surface area contributed by atoms with Crippen molar-refractivity contribution in [2.75, 3.05) is 5.32 Å². The first-order chi connectivity index (χ1) is 14.5. The van der Waals surface area contributed by atoms with E-state index in [1.54, 1.807) is 18.2 Å². The van der Waals surface area contributed by atoms with Gasteiger partial charge in [0.1, 0.15) is 11.3 Å². The molecular weight excluding hydrogens is 374 g/mol. The summed E-state index contributed by atoms with van der Waals surface area (Å²) in [7, 11) is 0. The zero-order valence-electron chi connectivity index (χ0n) is 17.0. The summed E-state index contributed by atoms with van der Waals surface area (Å²) in [4.78, 5) is 25.0. The Bertz CT molecular complexity index is 1240. The van der Waals surface area contributed by atoms with Crippen LogP contribution < -0.4 is 10.7 Å². The van der Waals surface area contributed by atoms with E-state index in [9.17, 15) is 9.59 Å². The van der Waals surface area contributed by atoms with E-state index in [0.29, 0.717) is 28.3 Å². The summed E-state index contributed by atoms with van der Waals surface area (Å²) in [5, 5.41) is 3.29. The summed E-state index contributed by atoms with van der Waals surface area (Å²) in [6, 6.07) is 24.2. The summed E-state index contributed by atoms with van der Waals surface area (Å²) in [6.07, 6.45) is 0.277. The summed E-state index contributed by atoms with van der Waals surface area (Å²) in [6.45, 7) is 4.28. The molecule has 1 amide bonds. The van der Waals surface area contributed by atoms with Crippen LogP contribution in [0.5, 0.6) is 0 Å². The Balaban J connectivity index is 1.58. The van der Waals surface area contributed by atoms with Gasteiger partial charge in [-0.15, -0.1) is 0 Å². The van der Waals surface area contributed by atoms with Crippen molar-refractivity contribution < 1.29 is 9.21 Å². The van der Waals surface area contributed by atoms with E-state index in [2.05, 4.69) is 31.3 Å². The number of amides is 1. The highest BCUT2D eigenvalue weighted by atomic mass is 16.3. The lowest BCUT2D eigenvalue weighted by Gasteiger charge is -2.09. The number of fused-ring (bicyclic) bond motifs is 1. The molecule has 4 heteroatoms. The first kappa shape index (κ1) is 19.6. The van der Waals surface area contributed by atoms with Crippen molar-refractivity contribution in [1.29, 1.82) is 0 Å². The summed E-state index contributed by atoms with van der Waals surface area (Å²) < 4.78 is 5.97. The van der Waals surface area contributed by atoms with Gasteiger partial charge < -0.3 is 9.73 Å². The average Bonchev–Trinajstić information content (AvgIpc) is 2.75. The molecule has 0 spiro atoms. The molecule has 3 aromatic carbocycles. The van der Waals surface area contributed by atoms with Crippen molar-refractivity contribution in [1.82, 2.24) is 0 Å². The van der Waals surface area contributed by atoms with Crippen LogP contribution in [0.2, 0.25) is 0 Å². The quantitative estimate of drug-likeness (QED) is 0.465. The molecule has 0 radical (unpaired) electrons. The number of benzene rings is 3. The van der Waals surface area contributed by atoms with E-state index in [0.717, 1.165) is 11.1 Å². The molecule has 30 heavy (non-hydrogen) atoms. The van der Waals surface area contributed by atoms with Crippen LogP contribution in [0.1, 0.15) is 30.9 Å². The van der Waals surface area contributed by atoms with Crippen LogP contribution >= 0.6 is 0 Å². The Morgan fingerprint density at radius 1 is 0.933 bits per heavy atom. The van der Waals surface area contributed by atoms with Gasteiger partial charge in [0.15, 0.2) is 5.43 Å². The Morgan fingerprint density at radius 3 is 2.37 bits per heavy atom. The van der Waals surface area contributed by atoms with E-state index in [1.807, 2.05) is 42.5 Å². The molecular formula is C26H23NO3. The van der Waals surface area contributed by atoms with Crippen molar-refractivity contribution in [2.24, 2.45) is 0 Å². The molecule has 0 saturated heterocycles. The number of carbonyl (C=O) groups excluding carboxylic acids is 1. The number of nitrogens with one attached hydrogen (secondary N) is 1. The maximum atomic E-state index is 12.7. The molecule has 4 nitrogen and oxygen atoms in total. The van der Waals surface area contributed by atoms with Crippen LogP contribution in [0.4, 0.5) is 5.69 Å². The number of hydrogen-bond acceptors (Lipinski definition) is 3. The normalized spacial score (nSPS) is 11.0. The highest BCUT2D eigenvalue weighted by molar-refractivity contribution is 5.94. The minimum Gasteiger partial charge on any atom is -0.456 e. The van der Waals surface area contributed by atoms with Crippen LogP contribution in [-0.4, -0.2) is 5.91 Å². The molecule has 0 aliphatic carbocycles. The first-order valence-corrected chi connectivity index (χ1v) is 10.0. The maximum Gasteiger partial charge on any atom is 0.228 e. The predicted octanol–water partition coefficient (Wildman–Crippen LogP) is 5.76. The Hall–Kier alpha value is -3.66. The van der Waals surface area contributed by atoms with E-state index in [-0.39, 0.29) is 17.8 Å². The van der Waals surface area contributed by atoms with Crippen LogP contribution in [0, 0.1) is 0 Å². The second kappa shape index (κ2) is 8.37. The SMILES string of the molecule is CC(C)c1ccc(-c2cc(=O)c3cc(NC(=O)Cc4ccccc4)ccc3o2)cc1. The number of hydrogen-bond donors (Lipinski definition) is 1. The van der Waals surface area contributed by atoms with Crippen LogP contribution in [0.15, 0.2) is 88.1 Å². The standard InChI is InChI=1S/C26H23NO3/c1-17(2)19-8-10-20(11-9-19)25-16-23(28)22-15-21(12-13-24(22)30-25)27-26(29)14-18-6-4-3-5-7-18/h3-13,15-17H,14H2,1-2H3,(H,27,29). The molecule has 0 fully saturated rings. The van der Waals surface area contributed by atoms with Gasteiger partial charge in [0, 0.05) is 17.3 Å². The zero-order valence-corrected chi connectivity index (χ0v) is 17.0. The zero-order chi connectivity index (χ0) is 21.1. The Morgan fingerprint density at radius 2 is 1.67 bits per heavy atom. The number of carbonyl (C=O) groups is 1. The second-order valence-electron chi connectivity index (χ2n) is 7.67. The molecule has 150 valence electrons. The van der Waals surface area contributed by atoms with E-state index in [4.69, 9.17) is 4.42 Å². The van der Waals surface area contributed by atoms with Crippen molar-refractivity contribution in [3.63, 3.8) is 0 Å². The number of anilines is 1. The lowest BCUT2D eigenvalue weighted by atomic mass is 10.0. The van der Waals surface area contributed by atoms with E-state index in [1.165, 1.54) is 11.6 Å². The fraction of sp³-hybridized carbons (Fsp3) is 0.154. The smallest absolute Gasteiger partial charge is 0.228 e. The number of rotatable bonds is 5. The van der Waals surface area contributed by atoms with E-state index < -0.39 is 0 Å². The van der Waals surface area contributed by atoms with Crippen molar-refractivity contribution in [3.8, 4) is 11.3 Å². The van der Waals surface area contributed by atoms with Gasteiger partial charge >= 0.3 is 0 Å². The lowest BCUT2D eigenvalue weighted by Crippen LogP contribution is -2.14. The fourth-order valence-electron chi connectivity index (χ4n) is 3.40. The van der Waals surface area contributed by atoms with Gasteiger partial charge in [0.25, 0.3) is 0 Å². The molecule has 4 rings (SSSR count). The first-order valence-electron chi connectivity index (χ1n) is 10.0. The van der Waals surface area contributed by atoms with Gasteiger partial charge in [0.05, 0.1) is 11.8 Å². The molecule has 0 aliphatic heterocycles. The highest BCUT2D eigenvalue weighted by Crippen LogP contribution is 2.25. The topological polar surface area (TPSA) is 59.3 Å². The van der Waals surface area contributed by atoms with Gasteiger partial charge in [-0.25, -0.2) is 0 Å². The average molecular weight is 397 g/mol. The third-order valence-electron chi connectivity index (χ3n) is 5.08. The van der Waals surface area contributed by atoms with Gasteiger partial charge in [-0.1, -0.05) is 68.4 Å². The highest BCUT2D eigenvalue weighted by Gasteiger charge is 2.10. The third kappa shape index (κ3) is 4.33. The van der Waals surface area contributed by atoms with Crippen molar-refractivity contribution in [3.05, 3.63) is 100 Å². The van der Waals surface area contributed by atoms with E-state index >= 15 is 0 Å². The summed E-state index contributed by atoms with van der Waals surface area (Å²) in [5.41, 5.74) is 3.95. The maximum absolute atomic E-state index is 12.7. The van der Waals surface area contributed by atoms with Crippen molar-refractivity contribution in [2.45, 2.75) is 26.2 Å². The molecule has 1 aromatic heterocycles. The summed E-state index contributed by atoms with van der Waals surface area (Å²) in [5.74, 6) is 0.841. The minimum absolute atomic E-state index is 0.133. The third-order valence-corrected chi connectivity index (χ3v) is 5.08. The Labute approximate surface area is 175 Å². The minimum atomic E-state index is -0.140. The van der Waals surface area contributed by atoms with Crippen LogP contribution in [0.25, 0.3) is 22.3 Å². The summed E-state index contributed by atoms with van der Waals surface area (Å²) >= 11 is 0. The fourth-order valence-corrected chi connectivity index (χ4v) is 3.40. The molecule has 0 unspecified atom stereocenters.